The predicted molar refractivity (Wildman–Crippen MR) is 157 cm³/mol. The van der Waals surface area contributed by atoms with Gasteiger partial charge in [0.15, 0.2) is 0 Å². The molecule has 43 heavy (non-hydrogen) atoms. The lowest BCUT2D eigenvalue weighted by Crippen LogP contribution is -2.21. The molecule has 6 rings (SSSR count). The van der Waals surface area contributed by atoms with Crippen LogP contribution in [0.3, 0.4) is 0 Å². The summed E-state index contributed by atoms with van der Waals surface area (Å²) in [6.45, 7) is 5.18. The molecule has 11 heteroatoms. The summed E-state index contributed by atoms with van der Waals surface area (Å²) in [7, 11) is 0. The lowest BCUT2D eigenvalue weighted by molar-refractivity contribution is -0.274. The van der Waals surface area contributed by atoms with Gasteiger partial charge in [0.25, 0.3) is 11.5 Å². The van der Waals surface area contributed by atoms with Gasteiger partial charge in [-0.1, -0.05) is 30.3 Å². The standard InChI is InChI=1S/C32H25F3N4O4/c1-16-19(5-4-6-26(16)39-15-37-24-12-8-18(43-32(33,34)35)14-23(24)30(39)41)20-10-11-22(29(36)40)28-27(20)21-9-7-17(31(2,3)42)13-25(21)38-28/h4-15,38,42H,1-3H3,(H2,36,40). The molecule has 0 spiro atoms. The summed E-state index contributed by atoms with van der Waals surface area (Å²) in [5.41, 5.74) is 9.12. The third-order valence-electron chi connectivity index (χ3n) is 7.54. The molecule has 0 bridgehead atoms. The molecule has 0 saturated heterocycles. The predicted octanol–water partition coefficient (Wildman–Crippen LogP) is 6.22. The van der Waals surface area contributed by atoms with Gasteiger partial charge in [-0.3, -0.25) is 14.2 Å². The number of primary amides is 1. The Morgan fingerprint density at radius 2 is 1.77 bits per heavy atom. The van der Waals surface area contributed by atoms with Crippen molar-refractivity contribution in [3.8, 4) is 22.6 Å². The lowest BCUT2D eigenvalue weighted by atomic mass is 9.92. The van der Waals surface area contributed by atoms with Crippen molar-refractivity contribution < 1.29 is 27.8 Å². The first-order valence-electron chi connectivity index (χ1n) is 13.2. The lowest BCUT2D eigenvalue weighted by Gasteiger charge is -2.17. The Hall–Kier alpha value is -5.16. The van der Waals surface area contributed by atoms with Gasteiger partial charge in [0.2, 0.25) is 0 Å². The molecular weight excluding hydrogens is 561 g/mol. The summed E-state index contributed by atoms with van der Waals surface area (Å²) >= 11 is 0. The van der Waals surface area contributed by atoms with Gasteiger partial charge < -0.3 is 20.6 Å². The number of H-pyrrole nitrogens is 1. The number of rotatable bonds is 5. The van der Waals surface area contributed by atoms with Gasteiger partial charge in [0.05, 0.1) is 33.3 Å². The number of ether oxygens (including phenoxy) is 1. The van der Waals surface area contributed by atoms with Crippen LogP contribution in [0.4, 0.5) is 13.2 Å². The molecule has 2 heterocycles. The van der Waals surface area contributed by atoms with E-state index in [1.807, 2.05) is 31.2 Å². The van der Waals surface area contributed by atoms with E-state index in [1.165, 1.54) is 17.0 Å². The highest BCUT2D eigenvalue weighted by Gasteiger charge is 2.31. The van der Waals surface area contributed by atoms with E-state index in [0.29, 0.717) is 33.4 Å². The topological polar surface area (TPSA) is 123 Å². The zero-order valence-corrected chi connectivity index (χ0v) is 23.2. The molecule has 0 saturated carbocycles. The molecule has 0 radical (unpaired) electrons. The fourth-order valence-electron chi connectivity index (χ4n) is 5.47. The molecule has 0 aliphatic rings. The van der Waals surface area contributed by atoms with E-state index in [9.17, 15) is 27.9 Å². The number of nitrogens with two attached hydrogens (primary N) is 1. The van der Waals surface area contributed by atoms with Crippen molar-refractivity contribution in [3.63, 3.8) is 0 Å². The number of halogens is 3. The van der Waals surface area contributed by atoms with Crippen molar-refractivity contribution in [2.75, 3.05) is 0 Å². The Morgan fingerprint density at radius 1 is 1.00 bits per heavy atom. The van der Waals surface area contributed by atoms with E-state index < -0.39 is 29.2 Å². The minimum atomic E-state index is -4.91. The number of hydrogen-bond acceptors (Lipinski definition) is 5. The summed E-state index contributed by atoms with van der Waals surface area (Å²) in [4.78, 5) is 33.5. The zero-order valence-electron chi connectivity index (χ0n) is 23.2. The number of carbonyl (C=O) groups excluding carboxylic acids is 1. The maximum atomic E-state index is 13.5. The molecule has 0 unspecified atom stereocenters. The van der Waals surface area contributed by atoms with Gasteiger partial charge in [-0.2, -0.15) is 0 Å². The number of nitrogens with zero attached hydrogens (tertiary/aromatic N) is 2. The summed E-state index contributed by atoms with van der Waals surface area (Å²) < 4.78 is 43.7. The molecule has 4 N–H and O–H groups in total. The number of nitrogens with one attached hydrogen (secondary N) is 1. The number of aliphatic hydroxyl groups is 1. The second-order valence-corrected chi connectivity index (χ2v) is 10.8. The number of carbonyl (C=O) groups is 1. The van der Waals surface area contributed by atoms with Crippen molar-refractivity contribution in [3.05, 3.63) is 100 Å². The number of hydrogen-bond donors (Lipinski definition) is 3. The van der Waals surface area contributed by atoms with Crippen molar-refractivity contribution in [1.82, 2.24) is 14.5 Å². The van der Waals surface area contributed by atoms with Crippen LogP contribution in [0.25, 0.3) is 49.5 Å². The third kappa shape index (κ3) is 4.87. The van der Waals surface area contributed by atoms with E-state index in [2.05, 4.69) is 14.7 Å². The number of aromatic amines is 1. The molecule has 0 aliphatic heterocycles. The monoisotopic (exact) mass is 586 g/mol. The van der Waals surface area contributed by atoms with Crippen LogP contribution >= 0.6 is 0 Å². The van der Waals surface area contributed by atoms with Gasteiger partial charge >= 0.3 is 6.36 Å². The number of fused-ring (bicyclic) bond motifs is 4. The first-order valence-corrected chi connectivity index (χ1v) is 13.2. The normalized spacial score (nSPS) is 12.3. The van der Waals surface area contributed by atoms with Crippen LogP contribution in [0, 0.1) is 6.92 Å². The van der Waals surface area contributed by atoms with Crippen molar-refractivity contribution in [2.45, 2.75) is 32.7 Å². The molecular formula is C32H25F3N4O4. The highest BCUT2D eigenvalue weighted by molar-refractivity contribution is 6.20. The Labute approximate surface area is 242 Å². The van der Waals surface area contributed by atoms with Gasteiger partial charge in [-0.05, 0) is 79.4 Å². The Bertz CT molecular complexity index is 2160. The van der Waals surface area contributed by atoms with Crippen LogP contribution in [-0.2, 0) is 5.60 Å². The van der Waals surface area contributed by atoms with Gasteiger partial charge in [0.1, 0.15) is 12.1 Å². The average molecular weight is 587 g/mol. The summed E-state index contributed by atoms with van der Waals surface area (Å²) in [6, 6.07) is 17.7. The molecule has 0 fully saturated rings. The third-order valence-corrected chi connectivity index (χ3v) is 7.54. The van der Waals surface area contributed by atoms with Crippen molar-refractivity contribution in [2.24, 2.45) is 5.73 Å². The van der Waals surface area contributed by atoms with Crippen LogP contribution < -0.4 is 16.0 Å². The first-order chi connectivity index (χ1) is 20.2. The molecule has 2 aromatic heterocycles. The van der Waals surface area contributed by atoms with E-state index in [1.54, 1.807) is 38.1 Å². The summed E-state index contributed by atoms with van der Waals surface area (Å²) in [5, 5.41) is 12.0. The molecule has 6 aromatic rings. The smallest absolute Gasteiger partial charge is 0.406 e. The Kier molecular flexibility index (Phi) is 6.31. The second-order valence-electron chi connectivity index (χ2n) is 10.8. The number of benzene rings is 4. The van der Waals surface area contributed by atoms with Gasteiger partial charge in [-0.15, -0.1) is 13.2 Å². The number of amides is 1. The molecule has 4 aromatic carbocycles. The minimum absolute atomic E-state index is 0.0403. The second kappa shape index (κ2) is 9.70. The maximum Gasteiger partial charge on any atom is 0.573 e. The SMILES string of the molecule is Cc1c(-c2ccc(C(N)=O)c3[nH]c4cc(C(C)(C)O)ccc4c23)cccc1-n1cnc2ccc(OC(F)(F)F)cc2c1=O. The van der Waals surface area contributed by atoms with E-state index >= 15 is 0 Å². The zero-order chi connectivity index (χ0) is 30.8. The van der Waals surface area contributed by atoms with Crippen LogP contribution in [0.1, 0.15) is 35.3 Å². The summed E-state index contributed by atoms with van der Waals surface area (Å²) in [6.07, 6.45) is -3.58. The van der Waals surface area contributed by atoms with Crippen LogP contribution in [0.5, 0.6) is 5.75 Å². The van der Waals surface area contributed by atoms with Crippen LogP contribution in [0.2, 0.25) is 0 Å². The average Bonchev–Trinajstić information content (AvgIpc) is 3.31. The van der Waals surface area contributed by atoms with Crippen LogP contribution in [-0.4, -0.2) is 31.9 Å². The molecule has 218 valence electrons. The van der Waals surface area contributed by atoms with E-state index in [4.69, 9.17) is 5.73 Å². The number of aromatic nitrogens is 3. The first kappa shape index (κ1) is 28.0. The fourth-order valence-corrected chi connectivity index (χ4v) is 5.47. The Balaban J connectivity index is 1.57. The van der Waals surface area contributed by atoms with Gasteiger partial charge in [0, 0.05) is 16.3 Å². The Morgan fingerprint density at radius 3 is 2.47 bits per heavy atom. The van der Waals surface area contributed by atoms with E-state index in [-0.39, 0.29) is 10.9 Å². The molecule has 0 atom stereocenters. The largest absolute Gasteiger partial charge is 0.573 e. The molecule has 8 nitrogen and oxygen atoms in total. The molecule has 1 amide bonds. The molecule has 0 aliphatic carbocycles. The van der Waals surface area contributed by atoms with Crippen molar-refractivity contribution in [1.29, 1.82) is 0 Å². The van der Waals surface area contributed by atoms with Gasteiger partial charge in [-0.25, -0.2) is 4.98 Å². The minimum Gasteiger partial charge on any atom is -0.406 e. The quantitative estimate of drug-likeness (QED) is 0.221. The fraction of sp³-hybridized carbons (Fsp3) is 0.156. The number of alkyl halides is 3. The highest BCUT2D eigenvalue weighted by Crippen LogP contribution is 2.39. The van der Waals surface area contributed by atoms with Crippen LogP contribution in [0.15, 0.2) is 77.9 Å². The maximum absolute atomic E-state index is 13.5. The van der Waals surface area contributed by atoms with Crippen molar-refractivity contribution >= 4 is 38.6 Å². The summed E-state index contributed by atoms with van der Waals surface area (Å²) in [5.74, 6) is -1.13. The van der Waals surface area contributed by atoms with E-state index in [0.717, 1.165) is 34.0 Å². The highest BCUT2D eigenvalue weighted by atomic mass is 19.4.